The molecule has 1 atom stereocenters. The maximum absolute atomic E-state index is 13.4. The van der Waals surface area contributed by atoms with E-state index in [0.717, 1.165) is 16.7 Å². The molecule has 0 radical (unpaired) electrons. The molecule has 3 rings (SSSR count). The lowest BCUT2D eigenvalue weighted by molar-refractivity contribution is -0.140. The van der Waals surface area contributed by atoms with Gasteiger partial charge in [-0.3, -0.25) is 9.59 Å². The fraction of sp³-hybridized carbons (Fsp3) is 0.259. The van der Waals surface area contributed by atoms with E-state index in [4.69, 9.17) is 32.7 Å². The van der Waals surface area contributed by atoms with Crippen molar-refractivity contribution in [3.63, 3.8) is 0 Å². The highest BCUT2D eigenvalue weighted by molar-refractivity contribution is 6.35. The summed E-state index contributed by atoms with van der Waals surface area (Å²) in [4.78, 5) is 28.1. The number of carbonyl (C=O) groups excluding carboxylic acids is 2. The molecule has 0 aromatic heterocycles. The Kier molecular flexibility index (Phi) is 9.40. The summed E-state index contributed by atoms with van der Waals surface area (Å²) in [5, 5.41) is 3.87. The van der Waals surface area contributed by atoms with Gasteiger partial charge in [-0.2, -0.15) is 0 Å². The number of amides is 2. The van der Waals surface area contributed by atoms with Crippen molar-refractivity contribution in [3.8, 4) is 11.5 Å². The van der Waals surface area contributed by atoms with E-state index in [1.165, 1.54) is 0 Å². The van der Waals surface area contributed by atoms with E-state index < -0.39 is 6.04 Å². The second-order valence-electron chi connectivity index (χ2n) is 8.00. The molecule has 0 saturated carbocycles. The summed E-state index contributed by atoms with van der Waals surface area (Å²) in [6.07, 6.45) is 0.105. The molecule has 0 heterocycles. The first kappa shape index (κ1) is 26.4. The van der Waals surface area contributed by atoms with E-state index in [0.29, 0.717) is 28.1 Å². The fourth-order valence-corrected chi connectivity index (χ4v) is 4.10. The Morgan fingerprint density at radius 3 is 2.29 bits per heavy atom. The largest absolute Gasteiger partial charge is 0.493 e. The van der Waals surface area contributed by atoms with Crippen LogP contribution in [-0.2, 0) is 29.1 Å². The maximum atomic E-state index is 13.4. The normalized spacial score (nSPS) is 11.5. The summed E-state index contributed by atoms with van der Waals surface area (Å²) in [5.41, 5.74) is 2.42. The van der Waals surface area contributed by atoms with Crippen molar-refractivity contribution in [1.82, 2.24) is 10.2 Å². The van der Waals surface area contributed by atoms with Gasteiger partial charge in [0.2, 0.25) is 11.8 Å². The van der Waals surface area contributed by atoms with Gasteiger partial charge in [-0.05, 0) is 47.9 Å². The van der Waals surface area contributed by atoms with Crippen LogP contribution in [0, 0.1) is 0 Å². The van der Waals surface area contributed by atoms with Gasteiger partial charge in [0.25, 0.3) is 0 Å². The molecule has 0 aliphatic heterocycles. The number of nitrogens with one attached hydrogen (secondary N) is 1. The molecule has 184 valence electrons. The van der Waals surface area contributed by atoms with E-state index in [9.17, 15) is 9.59 Å². The Morgan fingerprint density at radius 1 is 0.914 bits per heavy atom. The summed E-state index contributed by atoms with van der Waals surface area (Å²) in [6.45, 7) is 2.24. The zero-order chi connectivity index (χ0) is 25.4. The summed E-state index contributed by atoms with van der Waals surface area (Å²) in [6, 6.07) is 19.3. The van der Waals surface area contributed by atoms with Crippen molar-refractivity contribution in [2.24, 2.45) is 0 Å². The SMILES string of the molecule is COc1ccc(CC(=O)N(Cc2ccccc2)[C@H](C)C(=O)NCc2ccc(Cl)cc2Cl)cc1OC. The van der Waals surface area contributed by atoms with Gasteiger partial charge in [0.1, 0.15) is 6.04 Å². The van der Waals surface area contributed by atoms with Crippen molar-refractivity contribution < 1.29 is 19.1 Å². The molecule has 1 N–H and O–H groups in total. The van der Waals surface area contributed by atoms with Gasteiger partial charge < -0.3 is 19.7 Å². The lowest BCUT2D eigenvalue weighted by Crippen LogP contribution is -2.48. The Bertz CT molecular complexity index is 1170. The second kappa shape index (κ2) is 12.5. The minimum absolute atomic E-state index is 0.105. The monoisotopic (exact) mass is 514 g/mol. The molecular formula is C27H28Cl2N2O4. The first-order valence-electron chi connectivity index (χ1n) is 11.1. The highest BCUT2D eigenvalue weighted by Gasteiger charge is 2.26. The topological polar surface area (TPSA) is 67.9 Å². The summed E-state index contributed by atoms with van der Waals surface area (Å²) < 4.78 is 10.6. The van der Waals surface area contributed by atoms with Crippen molar-refractivity contribution >= 4 is 35.0 Å². The Balaban J connectivity index is 1.77. The fourth-order valence-electron chi connectivity index (χ4n) is 3.62. The number of carbonyl (C=O) groups is 2. The van der Waals surface area contributed by atoms with E-state index in [1.807, 2.05) is 36.4 Å². The van der Waals surface area contributed by atoms with Crippen LogP contribution in [0.25, 0.3) is 0 Å². The van der Waals surface area contributed by atoms with Gasteiger partial charge in [0, 0.05) is 23.1 Å². The Labute approximate surface area is 215 Å². The van der Waals surface area contributed by atoms with Crippen molar-refractivity contribution in [3.05, 3.63) is 93.5 Å². The molecule has 6 nitrogen and oxygen atoms in total. The summed E-state index contributed by atoms with van der Waals surface area (Å²) in [5.74, 6) is 0.650. The van der Waals surface area contributed by atoms with Crippen LogP contribution >= 0.6 is 23.2 Å². The minimum atomic E-state index is -0.714. The van der Waals surface area contributed by atoms with Gasteiger partial charge in [-0.25, -0.2) is 0 Å². The summed E-state index contributed by atoms with van der Waals surface area (Å²) >= 11 is 12.2. The molecule has 0 spiro atoms. The Morgan fingerprint density at radius 2 is 1.63 bits per heavy atom. The zero-order valence-electron chi connectivity index (χ0n) is 19.9. The number of hydrogen-bond donors (Lipinski definition) is 1. The molecule has 3 aromatic rings. The van der Waals surface area contributed by atoms with E-state index in [-0.39, 0.29) is 24.8 Å². The van der Waals surface area contributed by atoms with Gasteiger partial charge in [-0.15, -0.1) is 0 Å². The standard InChI is InChI=1S/C27H28Cl2N2O4/c1-18(27(33)30-16-21-10-11-22(28)15-23(21)29)31(17-19-7-5-4-6-8-19)26(32)14-20-9-12-24(34-2)25(13-20)35-3/h4-13,15,18H,14,16-17H2,1-3H3,(H,30,33)/t18-/m1/s1. The number of nitrogens with zero attached hydrogens (tertiary/aromatic N) is 1. The predicted molar refractivity (Wildman–Crippen MR) is 138 cm³/mol. The van der Waals surface area contributed by atoms with E-state index in [1.54, 1.807) is 56.4 Å². The first-order chi connectivity index (χ1) is 16.8. The van der Waals surface area contributed by atoms with Crippen LogP contribution in [0.2, 0.25) is 10.0 Å². The molecule has 0 bridgehead atoms. The summed E-state index contributed by atoms with van der Waals surface area (Å²) in [7, 11) is 3.10. The number of halogens is 2. The molecule has 0 aliphatic carbocycles. The lowest BCUT2D eigenvalue weighted by Gasteiger charge is -2.29. The van der Waals surface area contributed by atoms with Crippen molar-refractivity contribution in [2.45, 2.75) is 32.5 Å². The quantitative estimate of drug-likeness (QED) is 0.399. The number of benzene rings is 3. The maximum Gasteiger partial charge on any atom is 0.242 e. The van der Waals surface area contributed by atoms with Gasteiger partial charge in [0.05, 0.1) is 20.6 Å². The average molecular weight is 515 g/mol. The molecule has 35 heavy (non-hydrogen) atoms. The van der Waals surface area contributed by atoms with Crippen molar-refractivity contribution in [2.75, 3.05) is 14.2 Å². The third-order valence-corrected chi connectivity index (χ3v) is 6.22. The molecule has 8 heteroatoms. The molecule has 0 unspecified atom stereocenters. The molecule has 0 aliphatic rings. The third kappa shape index (κ3) is 7.13. The highest BCUT2D eigenvalue weighted by atomic mass is 35.5. The van der Waals surface area contributed by atoms with Crippen LogP contribution in [0.1, 0.15) is 23.6 Å². The number of hydrogen-bond acceptors (Lipinski definition) is 4. The molecule has 0 fully saturated rings. The molecule has 3 aromatic carbocycles. The third-order valence-electron chi connectivity index (χ3n) is 5.63. The second-order valence-corrected chi connectivity index (χ2v) is 8.85. The molecule has 0 saturated heterocycles. The number of rotatable bonds is 10. The highest BCUT2D eigenvalue weighted by Crippen LogP contribution is 2.28. The van der Waals surface area contributed by atoms with Gasteiger partial charge >= 0.3 is 0 Å². The first-order valence-corrected chi connectivity index (χ1v) is 11.8. The Hall–Kier alpha value is -3.22. The minimum Gasteiger partial charge on any atom is -0.493 e. The number of ether oxygens (including phenoxy) is 2. The zero-order valence-corrected chi connectivity index (χ0v) is 21.4. The molecule has 2 amide bonds. The van der Waals surface area contributed by atoms with Crippen LogP contribution < -0.4 is 14.8 Å². The van der Waals surface area contributed by atoms with Crippen LogP contribution in [-0.4, -0.2) is 37.0 Å². The van der Waals surface area contributed by atoms with Crippen LogP contribution in [0.15, 0.2) is 66.7 Å². The van der Waals surface area contributed by atoms with Crippen LogP contribution in [0.4, 0.5) is 0 Å². The average Bonchev–Trinajstić information content (AvgIpc) is 2.86. The number of methoxy groups -OCH3 is 2. The lowest BCUT2D eigenvalue weighted by atomic mass is 10.1. The van der Waals surface area contributed by atoms with E-state index in [2.05, 4.69) is 5.32 Å². The smallest absolute Gasteiger partial charge is 0.242 e. The van der Waals surface area contributed by atoms with Crippen molar-refractivity contribution in [1.29, 1.82) is 0 Å². The van der Waals surface area contributed by atoms with Crippen LogP contribution in [0.3, 0.4) is 0 Å². The van der Waals surface area contributed by atoms with Gasteiger partial charge in [-0.1, -0.05) is 65.7 Å². The van der Waals surface area contributed by atoms with Crippen LogP contribution in [0.5, 0.6) is 11.5 Å². The predicted octanol–water partition coefficient (Wildman–Crippen LogP) is 5.29. The van der Waals surface area contributed by atoms with E-state index >= 15 is 0 Å². The molecular weight excluding hydrogens is 487 g/mol. The van der Waals surface area contributed by atoms with Gasteiger partial charge in [0.15, 0.2) is 11.5 Å².